The van der Waals surface area contributed by atoms with Crippen molar-refractivity contribution in [3.05, 3.63) is 11.6 Å². The lowest BCUT2D eigenvalue weighted by Gasteiger charge is -1.89. The maximum absolute atomic E-state index is 10.6. The van der Waals surface area contributed by atoms with Crippen LogP contribution in [0.1, 0.15) is 6.92 Å². The molecule has 0 bridgehead atoms. The summed E-state index contributed by atoms with van der Waals surface area (Å²) >= 11 is 0. The van der Waals surface area contributed by atoms with Gasteiger partial charge in [-0.15, -0.1) is 0 Å². The minimum Gasteiger partial charge on any atom is -0.466 e. The highest BCUT2D eigenvalue weighted by molar-refractivity contribution is 5.83. The average Bonchev–Trinajstić information content (AvgIpc) is 2.00. The van der Waals surface area contributed by atoms with Crippen molar-refractivity contribution in [3.8, 4) is 11.8 Å². The summed E-state index contributed by atoms with van der Waals surface area (Å²) in [6, 6.07) is 0. The van der Waals surface area contributed by atoms with Crippen molar-refractivity contribution < 1.29 is 14.6 Å². The summed E-state index contributed by atoms with van der Waals surface area (Å²) in [5.41, 5.74) is 0.575. The molecule has 0 aliphatic rings. The van der Waals surface area contributed by atoms with E-state index in [1.54, 1.807) is 6.92 Å². The number of aliphatic hydroxyl groups is 1. The SMILES string of the molecule is COC(=O)/C=C(\C)C#CCO. The molecule has 3 nitrogen and oxygen atoms in total. The van der Waals surface area contributed by atoms with E-state index in [1.807, 2.05) is 0 Å². The number of carbonyl (C=O) groups excluding carboxylic acids is 1. The third-order valence-corrected chi connectivity index (χ3v) is 0.900. The highest BCUT2D eigenvalue weighted by Gasteiger charge is 1.91. The molecule has 0 fully saturated rings. The van der Waals surface area contributed by atoms with Gasteiger partial charge in [-0.3, -0.25) is 0 Å². The summed E-state index contributed by atoms with van der Waals surface area (Å²) in [7, 11) is 1.30. The van der Waals surface area contributed by atoms with Gasteiger partial charge < -0.3 is 9.84 Å². The summed E-state index contributed by atoms with van der Waals surface area (Å²) in [5, 5.41) is 8.29. The van der Waals surface area contributed by atoms with Crippen molar-refractivity contribution in [2.75, 3.05) is 13.7 Å². The zero-order valence-corrected chi connectivity index (χ0v) is 6.55. The van der Waals surface area contributed by atoms with Gasteiger partial charge in [0.2, 0.25) is 0 Å². The number of methoxy groups -OCH3 is 1. The van der Waals surface area contributed by atoms with Crippen molar-refractivity contribution in [3.63, 3.8) is 0 Å². The lowest BCUT2D eigenvalue weighted by molar-refractivity contribution is -0.134. The summed E-state index contributed by atoms with van der Waals surface area (Å²) in [4.78, 5) is 10.6. The molecule has 3 heteroatoms. The molecule has 0 saturated heterocycles. The molecule has 0 aliphatic carbocycles. The Labute approximate surface area is 65.7 Å². The Kier molecular flexibility index (Phi) is 4.87. The van der Waals surface area contributed by atoms with Crippen molar-refractivity contribution >= 4 is 5.97 Å². The molecule has 1 N–H and O–H groups in total. The summed E-state index contributed by atoms with van der Waals surface area (Å²) in [6.45, 7) is 1.46. The van der Waals surface area contributed by atoms with E-state index in [-0.39, 0.29) is 6.61 Å². The quantitative estimate of drug-likeness (QED) is 0.331. The maximum atomic E-state index is 10.6. The third kappa shape index (κ3) is 5.19. The Balaban J connectivity index is 4.11. The van der Waals surface area contributed by atoms with Crippen LogP contribution in [0.3, 0.4) is 0 Å². The van der Waals surface area contributed by atoms with E-state index in [0.717, 1.165) is 0 Å². The Morgan fingerprint density at radius 1 is 1.73 bits per heavy atom. The van der Waals surface area contributed by atoms with Gasteiger partial charge in [-0.05, 0) is 6.92 Å². The number of aliphatic hydroxyl groups excluding tert-OH is 1. The molecule has 0 rings (SSSR count). The number of hydrogen-bond donors (Lipinski definition) is 1. The van der Waals surface area contributed by atoms with Gasteiger partial charge in [0, 0.05) is 11.6 Å². The number of esters is 1. The van der Waals surface area contributed by atoms with Gasteiger partial charge in [-0.25, -0.2) is 4.79 Å². The fourth-order valence-corrected chi connectivity index (χ4v) is 0.451. The Morgan fingerprint density at radius 3 is 2.82 bits per heavy atom. The number of allylic oxidation sites excluding steroid dienone is 1. The molecule has 0 amide bonds. The molecular weight excluding hydrogens is 144 g/mol. The van der Waals surface area contributed by atoms with Crippen LogP contribution in [0.2, 0.25) is 0 Å². The molecule has 0 aliphatic heterocycles. The lowest BCUT2D eigenvalue weighted by atomic mass is 10.3. The van der Waals surface area contributed by atoms with Gasteiger partial charge in [-0.1, -0.05) is 11.8 Å². The lowest BCUT2D eigenvalue weighted by Crippen LogP contribution is -1.95. The first-order valence-corrected chi connectivity index (χ1v) is 3.06. The average molecular weight is 154 g/mol. The molecule has 0 aromatic heterocycles. The second kappa shape index (κ2) is 5.51. The van der Waals surface area contributed by atoms with E-state index in [1.165, 1.54) is 13.2 Å². The number of hydrogen-bond acceptors (Lipinski definition) is 3. The Bertz CT molecular complexity index is 217. The van der Waals surface area contributed by atoms with E-state index in [0.29, 0.717) is 5.57 Å². The third-order valence-electron chi connectivity index (χ3n) is 0.900. The molecular formula is C8H10O3. The zero-order chi connectivity index (χ0) is 8.69. The molecule has 0 atom stereocenters. The van der Waals surface area contributed by atoms with E-state index >= 15 is 0 Å². The van der Waals surface area contributed by atoms with Gasteiger partial charge >= 0.3 is 5.97 Å². The van der Waals surface area contributed by atoms with Crippen LogP contribution in [0.5, 0.6) is 0 Å². The van der Waals surface area contributed by atoms with Gasteiger partial charge in [0.15, 0.2) is 0 Å². The van der Waals surface area contributed by atoms with Crippen LogP contribution in [0.25, 0.3) is 0 Å². The van der Waals surface area contributed by atoms with E-state index in [9.17, 15) is 4.79 Å². The van der Waals surface area contributed by atoms with Crippen molar-refractivity contribution in [2.45, 2.75) is 6.92 Å². The van der Waals surface area contributed by atoms with Gasteiger partial charge in [0.05, 0.1) is 7.11 Å². The molecule has 60 valence electrons. The van der Waals surface area contributed by atoms with Gasteiger partial charge in [0.1, 0.15) is 6.61 Å². The van der Waals surface area contributed by atoms with Crippen LogP contribution in [0, 0.1) is 11.8 Å². The predicted molar refractivity (Wildman–Crippen MR) is 40.6 cm³/mol. The molecule has 0 aromatic carbocycles. The van der Waals surface area contributed by atoms with Crippen LogP contribution in [0.15, 0.2) is 11.6 Å². The van der Waals surface area contributed by atoms with Crippen LogP contribution in [0.4, 0.5) is 0 Å². The summed E-state index contributed by atoms with van der Waals surface area (Å²) < 4.78 is 4.36. The largest absolute Gasteiger partial charge is 0.466 e. The number of ether oxygens (including phenoxy) is 1. The molecule has 0 spiro atoms. The van der Waals surface area contributed by atoms with E-state index in [4.69, 9.17) is 5.11 Å². The van der Waals surface area contributed by atoms with Crippen molar-refractivity contribution in [1.29, 1.82) is 0 Å². The fourth-order valence-electron chi connectivity index (χ4n) is 0.451. The van der Waals surface area contributed by atoms with Crippen LogP contribution in [-0.2, 0) is 9.53 Å². The first-order valence-electron chi connectivity index (χ1n) is 3.06. The molecule has 0 aromatic rings. The summed E-state index contributed by atoms with van der Waals surface area (Å²) in [5.74, 6) is 4.53. The minimum atomic E-state index is -0.435. The van der Waals surface area contributed by atoms with Crippen LogP contribution in [-0.4, -0.2) is 24.8 Å². The first kappa shape index (κ1) is 9.73. The Hall–Kier alpha value is -1.27. The Morgan fingerprint density at radius 2 is 2.36 bits per heavy atom. The molecule has 11 heavy (non-hydrogen) atoms. The highest BCUT2D eigenvalue weighted by Crippen LogP contribution is 1.89. The smallest absolute Gasteiger partial charge is 0.331 e. The second-order valence-electron chi connectivity index (χ2n) is 1.81. The van der Waals surface area contributed by atoms with Crippen LogP contribution < -0.4 is 0 Å². The van der Waals surface area contributed by atoms with Crippen molar-refractivity contribution in [2.24, 2.45) is 0 Å². The normalized spacial score (nSPS) is 9.91. The topological polar surface area (TPSA) is 46.5 Å². The maximum Gasteiger partial charge on any atom is 0.331 e. The fraction of sp³-hybridized carbons (Fsp3) is 0.375. The molecule has 0 saturated carbocycles. The minimum absolute atomic E-state index is 0.202. The van der Waals surface area contributed by atoms with Crippen LogP contribution >= 0.6 is 0 Å². The predicted octanol–water partition coefficient (Wildman–Crippen LogP) is 0.101. The first-order chi connectivity index (χ1) is 5.20. The highest BCUT2D eigenvalue weighted by atomic mass is 16.5. The number of rotatable bonds is 1. The summed E-state index contributed by atoms with van der Waals surface area (Å²) in [6.07, 6.45) is 1.27. The monoisotopic (exact) mass is 154 g/mol. The standard InChI is InChI=1S/C8H10O3/c1-7(4-3-5-9)6-8(10)11-2/h6,9H,5H2,1-2H3/b7-6+. The van der Waals surface area contributed by atoms with E-state index in [2.05, 4.69) is 16.6 Å². The zero-order valence-electron chi connectivity index (χ0n) is 6.55. The second-order valence-corrected chi connectivity index (χ2v) is 1.81. The molecule has 0 heterocycles. The molecule has 0 unspecified atom stereocenters. The van der Waals surface area contributed by atoms with Gasteiger partial charge in [0.25, 0.3) is 0 Å². The number of carbonyl (C=O) groups is 1. The van der Waals surface area contributed by atoms with E-state index < -0.39 is 5.97 Å². The molecule has 0 radical (unpaired) electrons. The van der Waals surface area contributed by atoms with Crippen molar-refractivity contribution in [1.82, 2.24) is 0 Å². The van der Waals surface area contributed by atoms with Gasteiger partial charge in [-0.2, -0.15) is 0 Å².